The number of nitriles is 1. The summed E-state index contributed by atoms with van der Waals surface area (Å²) in [6, 6.07) is 24.0. The van der Waals surface area contributed by atoms with Gasteiger partial charge in [-0.2, -0.15) is 10.4 Å². The number of amides is 1. The van der Waals surface area contributed by atoms with E-state index in [0.29, 0.717) is 39.8 Å². The van der Waals surface area contributed by atoms with E-state index >= 15 is 0 Å². The van der Waals surface area contributed by atoms with Crippen LogP contribution in [0, 0.1) is 11.3 Å². The number of nitrogens with one attached hydrogen (secondary N) is 3. The lowest BCUT2D eigenvalue weighted by Gasteiger charge is -2.30. The summed E-state index contributed by atoms with van der Waals surface area (Å²) < 4.78 is 13.3. The molecule has 0 radical (unpaired) electrons. The molecule has 3 N–H and O–H groups in total. The predicted molar refractivity (Wildman–Crippen MR) is 171 cm³/mol. The van der Waals surface area contributed by atoms with Gasteiger partial charge in [-0.25, -0.2) is 10.2 Å². The molecule has 1 atom stereocenters. The van der Waals surface area contributed by atoms with Gasteiger partial charge >= 0.3 is 5.97 Å². The Labute approximate surface area is 260 Å². The fourth-order valence-corrected chi connectivity index (χ4v) is 5.27. The van der Waals surface area contributed by atoms with Crippen LogP contribution in [0.25, 0.3) is 10.9 Å². The molecule has 4 aromatic rings. The van der Waals surface area contributed by atoms with Gasteiger partial charge in [-0.05, 0) is 55.9 Å². The molecule has 3 aromatic carbocycles. The number of benzene rings is 3. The zero-order valence-corrected chi connectivity index (χ0v) is 25.0. The molecule has 1 amide bonds. The number of rotatable bonds is 10. The van der Waals surface area contributed by atoms with Crippen molar-refractivity contribution < 1.29 is 19.1 Å². The average molecular weight is 607 g/mol. The highest BCUT2D eigenvalue weighted by atomic mass is 32.1. The van der Waals surface area contributed by atoms with Gasteiger partial charge in [0.1, 0.15) is 5.75 Å². The number of carbonyl (C=O) groups excluding carboxylic acids is 2. The van der Waals surface area contributed by atoms with E-state index in [-0.39, 0.29) is 13.2 Å². The summed E-state index contributed by atoms with van der Waals surface area (Å²) in [6.07, 6.45) is 3.57. The molecule has 0 fully saturated rings. The van der Waals surface area contributed by atoms with Crippen LogP contribution in [0.4, 0.5) is 0 Å². The van der Waals surface area contributed by atoms with Gasteiger partial charge in [0.2, 0.25) is 0 Å². The van der Waals surface area contributed by atoms with E-state index in [1.165, 1.54) is 0 Å². The summed E-state index contributed by atoms with van der Waals surface area (Å²) in [5.74, 6) is -0.518. The Morgan fingerprint density at radius 1 is 1.11 bits per heavy atom. The third-order valence-corrected chi connectivity index (χ3v) is 7.22. The van der Waals surface area contributed by atoms with Gasteiger partial charge in [0.25, 0.3) is 5.91 Å². The maximum atomic E-state index is 12.8. The normalized spacial score (nSPS) is 14.6. The van der Waals surface area contributed by atoms with Crippen LogP contribution >= 0.6 is 12.2 Å². The van der Waals surface area contributed by atoms with Crippen LogP contribution in [0.5, 0.6) is 5.75 Å². The molecule has 0 saturated carbocycles. The van der Waals surface area contributed by atoms with Gasteiger partial charge in [-0.15, -0.1) is 0 Å². The first-order valence-electron chi connectivity index (χ1n) is 13.9. The van der Waals surface area contributed by atoms with Crippen molar-refractivity contribution in [3.63, 3.8) is 0 Å². The van der Waals surface area contributed by atoms with E-state index in [4.69, 9.17) is 27.0 Å². The van der Waals surface area contributed by atoms with Crippen molar-refractivity contribution in [2.75, 3.05) is 13.2 Å². The molecule has 11 heteroatoms. The van der Waals surface area contributed by atoms with Crippen LogP contribution in [0.1, 0.15) is 42.1 Å². The third-order valence-electron chi connectivity index (χ3n) is 7.00. The van der Waals surface area contributed by atoms with Crippen LogP contribution < -0.4 is 20.8 Å². The Morgan fingerprint density at radius 3 is 2.64 bits per heavy atom. The van der Waals surface area contributed by atoms with Crippen LogP contribution in [0.15, 0.2) is 95.4 Å². The molecule has 222 valence electrons. The highest BCUT2D eigenvalue weighted by Crippen LogP contribution is 2.33. The van der Waals surface area contributed by atoms with Crippen molar-refractivity contribution in [2.24, 2.45) is 5.10 Å². The Bertz CT molecular complexity index is 1820. The quantitative estimate of drug-likeness (QED) is 0.105. The van der Waals surface area contributed by atoms with E-state index in [9.17, 15) is 9.59 Å². The molecule has 1 aliphatic heterocycles. The molecular formula is C33H30N6O4S. The number of hydrogen-bond donors (Lipinski definition) is 3. The Hall–Kier alpha value is -5.47. The highest BCUT2D eigenvalue weighted by molar-refractivity contribution is 7.80. The first-order valence-corrected chi connectivity index (χ1v) is 14.3. The molecule has 10 nitrogen and oxygen atoms in total. The molecule has 0 spiro atoms. The predicted octanol–water partition coefficient (Wildman–Crippen LogP) is 4.45. The molecule has 2 heterocycles. The zero-order valence-electron chi connectivity index (χ0n) is 24.2. The van der Waals surface area contributed by atoms with Crippen molar-refractivity contribution in [3.8, 4) is 11.8 Å². The number of para-hydroxylation sites is 2. The Balaban J connectivity index is 1.27. The average Bonchev–Trinajstić information content (AvgIpc) is 3.37. The fourth-order valence-electron chi connectivity index (χ4n) is 5.00. The molecule has 0 unspecified atom stereocenters. The summed E-state index contributed by atoms with van der Waals surface area (Å²) in [7, 11) is 0. The maximum Gasteiger partial charge on any atom is 0.338 e. The molecule has 0 bridgehead atoms. The highest BCUT2D eigenvalue weighted by Gasteiger charge is 2.32. The van der Waals surface area contributed by atoms with Crippen LogP contribution in [-0.4, -0.2) is 41.0 Å². The van der Waals surface area contributed by atoms with Crippen molar-refractivity contribution in [1.29, 1.82) is 5.26 Å². The number of carbonyl (C=O) groups is 2. The lowest BCUT2D eigenvalue weighted by molar-refractivity contribution is -0.139. The molecular weight excluding hydrogens is 576 g/mol. The topological polar surface area (TPSA) is 130 Å². The minimum Gasteiger partial charge on any atom is -0.483 e. The second kappa shape index (κ2) is 13.7. The van der Waals surface area contributed by atoms with E-state index in [2.05, 4.69) is 31.8 Å². The number of nitrogens with zero attached hydrogens (tertiary/aromatic N) is 3. The molecule has 0 saturated heterocycles. The molecule has 44 heavy (non-hydrogen) atoms. The molecule has 1 aromatic heterocycles. The summed E-state index contributed by atoms with van der Waals surface area (Å²) in [4.78, 5) is 25.5. The van der Waals surface area contributed by atoms with E-state index in [0.717, 1.165) is 22.0 Å². The van der Waals surface area contributed by atoms with Gasteiger partial charge < -0.3 is 24.7 Å². The lowest BCUT2D eigenvalue weighted by Crippen LogP contribution is -2.45. The SMILES string of the molecule is CCOC(=O)C1=C(C)NC(=S)N[C@H]1c1ccccc1OCC(=O)NN=Cc1cn(Cc2ccc(C#N)cc2)c2ccccc12. The van der Waals surface area contributed by atoms with E-state index < -0.39 is 17.9 Å². The second-order valence-electron chi connectivity index (χ2n) is 9.95. The van der Waals surface area contributed by atoms with E-state index in [1.807, 2.05) is 48.7 Å². The third kappa shape index (κ3) is 6.77. The number of hydrazone groups is 1. The summed E-state index contributed by atoms with van der Waals surface area (Å²) in [5, 5.41) is 20.7. The number of fused-ring (bicyclic) bond motifs is 1. The van der Waals surface area contributed by atoms with Crippen LogP contribution in [0.3, 0.4) is 0 Å². The number of esters is 1. The number of thiocarbonyl (C=S) groups is 1. The number of allylic oxidation sites excluding steroid dienone is 1. The molecule has 5 rings (SSSR count). The second-order valence-corrected chi connectivity index (χ2v) is 10.4. The number of aromatic nitrogens is 1. The van der Waals surface area contributed by atoms with E-state index in [1.54, 1.807) is 50.4 Å². The van der Waals surface area contributed by atoms with Gasteiger partial charge in [-0.3, -0.25) is 4.79 Å². The number of hydrogen-bond acceptors (Lipinski definition) is 7. The monoisotopic (exact) mass is 606 g/mol. The van der Waals surface area contributed by atoms with Crippen LogP contribution in [0.2, 0.25) is 0 Å². The first-order chi connectivity index (χ1) is 21.4. The van der Waals surface area contributed by atoms with Gasteiger partial charge in [0, 0.05) is 40.5 Å². The van der Waals surface area contributed by atoms with Crippen molar-refractivity contribution >= 4 is 46.3 Å². The maximum absolute atomic E-state index is 12.8. The standard InChI is InChI=1S/C33H30N6O4S/c1-3-42-32(41)30-21(2)36-33(44)37-31(30)26-9-5-7-11-28(26)43-20-29(40)38-35-17-24-19-39(27-10-6-4-8-25(24)27)18-23-14-12-22(16-34)13-15-23/h4-15,17,19,31H,3,18,20H2,1-2H3,(H,38,40)(H2,36,37,44)/t31-/m0/s1. The Kier molecular flexibility index (Phi) is 9.32. The molecule has 0 aliphatic carbocycles. The lowest BCUT2D eigenvalue weighted by atomic mass is 9.95. The summed E-state index contributed by atoms with van der Waals surface area (Å²) in [5.41, 5.74) is 7.64. The van der Waals surface area contributed by atoms with Crippen molar-refractivity contribution in [2.45, 2.75) is 26.4 Å². The minimum absolute atomic E-state index is 0.225. The van der Waals surface area contributed by atoms with Gasteiger partial charge in [0.05, 0.1) is 36.1 Å². The zero-order chi connectivity index (χ0) is 31.1. The Morgan fingerprint density at radius 2 is 1.86 bits per heavy atom. The fraction of sp³-hybridized carbons (Fsp3) is 0.182. The van der Waals surface area contributed by atoms with Crippen molar-refractivity contribution in [3.05, 3.63) is 113 Å². The largest absolute Gasteiger partial charge is 0.483 e. The smallest absolute Gasteiger partial charge is 0.338 e. The van der Waals surface area contributed by atoms with Crippen molar-refractivity contribution in [1.82, 2.24) is 20.6 Å². The minimum atomic E-state index is -0.623. The van der Waals surface area contributed by atoms with Crippen LogP contribution in [-0.2, 0) is 20.9 Å². The molecule has 1 aliphatic rings. The number of ether oxygens (including phenoxy) is 2. The van der Waals surface area contributed by atoms with Gasteiger partial charge in [-0.1, -0.05) is 48.5 Å². The summed E-state index contributed by atoms with van der Waals surface area (Å²) in [6.45, 7) is 4.03. The first kappa shape index (κ1) is 30.0. The summed E-state index contributed by atoms with van der Waals surface area (Å²) >= 11 is 5.33. The van der Waals surface area contributed by atoms with Gasteiger partial charge in [0.15, 0.2) is 11.7 Å².